The number of hydrogen-bond donors (Lipinski definition) is 1. The van der Waals surface area contributed by atoms with Gasteiger partial charge in [0.15, 0.2) is 0 Å². The van der Waals surface area contributed by atoms with Gasteiger partial charge in [0.2, 0.25) is 0 Å². The number of allylic oxidation sites excluding steroid dienone is 1. The molecule has 0 heterocycles. The third kappa shape index (κ3) is 9.18. The highest BCUT2D eigenvalue weighted by Crippen LogP contribution is 2.36. The number of carboxylic acid groups (broad SMARTS) is 1. The Morgan fingerprint density at radius 2 is 1.58 bits per heavy atom. The number of rotatable bonds is 15. The molecule has 0 amide bonds. The van der Waals surface area contributed by atoms with Gasteiger partial charge in [0.1, 0.15) is 12.4 Å². The molecule has 0 bridgehead atoms. The normalized spacial score (nSPS) is 12.5. The van der Waals surface area contributed by atoms with Gasteiger partial charge in [0.05, 0.1) is 0 Å². The molecule has 38 heavy (non-hydrogen) atoms. The molecule has 0 saturated carbocycles. The molecule has 0 aliphatic rings. The molecule has 0 aromatic heterocycles. The van der Waals surface area contributed by atoms with Crippen LogP contribution in [0.4, 0.5) is 0 Å². The zero-order valence-electron chi connectivity index (χ0n) is 23.3. The first-order valence-corrected chi connectivity index (χ1v) is 13.8. The molecule has 1 N–H and O–H groups in total. The van der Waals surface area contributed by atoms with Gasteiger partial charge >= 0.3 is 5.97 Å². The van der Waals surface area contributed by atoms with E-state index in [-0.39, 0.29) is 12.3 Å². The molecule has 0 aliphatic heterocycles. The molecule has 0 aliphatic carbocycles. The summed E-state index contributed by atoms with van der Waals surface area (Å²) in [4.78, 5) is 13.4. The summed E-state index contributed by atoms with van der Waals surface area (Å²) >= 11 is 0. The Bertz CT molecular complexity index is 1130. The summed E-state index contributed by atoms with van der Waals surface area (Å²) in [7, 11) is 0. The van der Waals surface area contributed by atoms with Gasteiger partial charge in [-0.1, -0.05) is 78.9 Å². The van der Waals surface area contributed by atoms with Crippen molar-refractivity contribution in [2.45, 2.75) is 78.0 Å². The number of unbranched alkanes of at least 4 members (excludes halogenated alkanes) is 1. The van der Waals surface area contributed by atoms with Crippen molar-refractivity contribution in [2.75, 3.05) is 6.54 Å². The second-order valence-corrected chi connectivity index (χ2v) is 10.4. The summed E-state index contributed by atoms with van der Waals surface area (Å²) in [5.41, 5.74) is 4.72. The van der Waals surface area contributed by atoms with Crippen LogP contribution in [-0.2, 0) is 11.4 Å². The van der Waals surface area contributed by atoms with E-state index in [4.69, 9.17) is 9.84 Å². The minimum atomic E-state index is -0.747. The zero-order chi connectivity index (χ0) is 27.3. The lowest BCUT2D eigenvalue weighted by molar-refractivity contribution is -0.137. The van der Waals surface area contributed by atoms with Crippen LogP contribution in [0.15, 0.2) is 84.9 Å². The molecular formula is C34H43NO3. The summed E-state index contributed by atoms with van der Waals surface area (Å²) < 4.78 is 6.45. The molecule has 0 radical (unpaired) electrons. The quantitative estimate of drug-likeness (QED) is 0.208. The van der Waals surface area contributed by atoms with E-state index in [9.17, 15) is 4.79 Å². The van der Waals surface area contributed by atoms with Gasteiger partial charge in [0, 0.05) is 30.0 Å². The van der Waals surface area contributed by atoms with Crippen LogP contribution in [0, 0.1) is 0 Å². The Morgan fingerprint density at radius 3 is 2.21 bits per heavy atom. The highest BCUT2D eigenvalue weighted by Gasteiger charge is 2.22. The van der Waals surface area contributed by atoms with Gasteiger partial charge < -0.3 is 9.84 Å². The van der Waals surface area contributed by atoms with Crippen LogP contribution in [0.1, 0.15) is 81.5 Å². The Hall–Kier alpha value is -3.37. The highest BCUT2D eigenvalue weighted by molar-refractivity contribution is 5.66. The Balaban J connectivity index is 1.94. The van der Waals surface area contributed by atoms with Crippen LogP contribution in [0.2, 0.25) is 0 Å². The molecule has 0 fully saturated rings. The van der Waals surface area contributed by atoms with Crippen LogP contribution >= 0.6 is 0 Å². The van der Waals surface area contributed by atoms with Crippen LogP contribution in [0.5, 0.6) is 5.75 Å². The average Bonchev–Trinajstić information content (AvgIpc) is 2.90. The van der Waals surface area contributed by atoms with E-state index in [1.807, 2.05) is 18.2 Å². The molecule has 3 rings (SSSR count). The third-order valence-electron chi connectivity index (χ3n) is 6.92. The average molecular weight is 514 g/mol. The van der Waals surface area contributed by atoms with E-state index in [2.05, 4.69) is 105 Å². The molecule has 0 spiro atoms. The second-order valence-electron chi connectivity index (χ2n) is 10.4. The van der Waals surface area contributed by atoms with Crippen LogP contribution in [0.25, 0.3) is 6.08 Å². The van der Waals surface area contributed by atoms with Gasteiger partial charge in [0.25, 0.3) is 0 Å². The van der Waals surface area contributed by atoms with Gasteiger partial charge in [-0.25, -0.2) is 0 Å². The summed E-state index contributed by atoms with van der Waals surface area (Å²) in [6.07, 6.45) is 6.73. The third-order valence-corrected chi connectivity index (χ3v) is 6.92. The van der Waals surface area contributed by atoms with E-state index in [1.165, 1.54) is 11.1 Å². The van der Waals surface area contributed by atoms with E-state index in [0.29, 0.717) is 25.1 Å². The minimum Gasteiger partial charge on any atom is -0.489 e. The fourth-order valence-electron chi connectivity index (χ4n) is 4.98. The van der Waals surface area contributed by atoms with Crippen LogP contribution < -0.4 is 4.74 Å². The van der Waals surface area contributed by atoms with Crippen molar-refractivity contribution in [3.63, 3.8) is 0 Å². The van der Waals surface area contributed by atoms with Crippen molar-refractivity contribution in [1.82, 2.24) is 4.90 Å². The number of carbonyl (C=O) groups is 1. The first-order valence-electron chi connectivity index (χ1n) is 13.8. The maximum atomic E-state index is 10.8. The molecule has 3 aromatic carbocycles. The molecule has 202 valence electrons. The van der Waals surface area contributed by atoms with Gasteiger partial charge in [-0.05, 0) is 82.3 Å². The molecule has 3 aromatic rings. The predicted molar refractivity (Wildman–Crippen MR) is 158 cm³/mol. The summed E-state index contributed by atoms with van der Waals surface area (Å²) in [6.45, 7) is 10.6. The monoisotopic (exact) mass is 513 g/mol. The summed E-state index contributed by atoms with van der Waals surface area (Å²) in [5, 5.41) is 8.92. The first-order chi connectivity index (χ1) is 18.3. The number of hydrogen-bond acceptors (Lipinski definition) is 3. The Kier molecular flexibility index (Phi) is 11.6. The molecule has 4 heteroatoms. The van der Waals surface area contributed by atoms with E-state index in [1.54, 1.807) is 0 Å². The van der Waals surface area contributed by atoms with Crippen molar-refractivity contribution in [3.05, 3.63) is 107 Å². The number of nitrogens with zero attached hydrogens (tertiary/aromatic N) is 1. The van der Waals surface area contributed by atoms with E-state index >= 15 is 0 Å². The van der Waals surface area contributed by atoms with Gasteiger partial charge in [-0.15, -0.1) is 0 Å². The molecule has 0 saturated heterocycles. The summed E-state index contributed by atoms with van der Waals surface area (Å²) in [6, 6.07) is 28.4. The zero-order valence-corrected chi connectivity index (χ0v) is 23.3. The molecular weight excluding hydrogens is 470 g/mol. The number of carboxylic acids is 1. The smallest absolute Gasteiger partial charge is 0.303 e. The largest absolute Gasteiger partial charge is 0.489 e. The topological polar surface area (TPSA) is 49.8 Å². The van der Waals surface area contributed by atoms with Crippen molar-refractivity contribution in [2.24, 2.45) is 0 Å². The Morgan fingerprint density at radius 1 is 0.921 bits per heavy atom. The minimum absolute atomic E-state index is 0.183. The van der Waals surface area contributed by atoms with Crippen molar-refractivity contribution in [3.8, 4) is 5.75 Å². The van der Waals surface area contributed by atoms with Crippen molar-refractivity contribution in [1.29, 1.82) is 0 Å². The van der Waals surface area contributed by atoms with Crippen LogP contribution in [-0.4, -0.2) is 34.6 Å². The SMILES string of the molecule is CC(C)N(CC[C@H](c1ccccc1)c1cc(C=CCCCC(=O)O)ccc1OCc1ccccc1)C(C)C. The maximum Gasteiger partial charge on any atom is 0.303 e. The Labute approximate surface area is 229 Å². The lowest BCUT2D eigenvalue weighted by Crippen LogP contribution is -2.38. The van der Waals surface area contributed by atoms with Crippen molar-refractivity contribution < 1.29 is 14.6 Å². The van der Waals surface area contributed by atoms with E-state index in [0.717, 1.165) is 36.3 Å². The second kappa shape index (κ2) is 15.1. The van der Waals surface area contributed by atoms with Gasteiger partial charge in [-0.2, -0.15) is 0 Å². The van der Waals surface area contributed by atoms with E-state index < -0.39 is 5.97 Å². The van der Waals surface area contributed by atoms with Gasteiger partial charge in [-0.3, -0.25) is 9.69 Å². The molecule has 4 nitrogen and oxygen atoms in total. The number of ether oxygens (including phenoxy) is 1. The van der Waals surface area contributed by atoms with Crippen molar-refractivity contribution >= 4 is 12.0 Å². The fourth-order valence-corrected chi connectivity index (χ4v) is 4.98. The molecule has 0 unspecified atom stereocenters. The summed E-state index contributed by atoms with van der Waals surface area (Å²) in [5.74, 6) is 0.344. The highest BCUT2D eigenvalue weighted by atomic mass is 16.5. The lowest BCUT2D eigenvalue weighted by atomic mass is 9.86. The fraction of sp³-hybridized carbons (Fsp3) is 0.382. The molecule has 1 atom stereocenters. The number of aliphatic carboxylic acids is 1. The van der Waals surface area contributed by atoms with Crippen LogP contribution in [0.3, 0.4) is 0 Å². The first kappa shape index (κ1) is 29.2. The lowest BCUT2D eigenvalue weighted by Gasteiger charge is -2.32. The predicted octanol–water partition coefficient (Wildman–Crippen LogP) is 8.17. The standard InChI is InChI=1S/C34H43NO3/c1-26(2)35(27(3)4)23-22-31(30-17-11-7-12-18-30)32-24-28(14-8-6-13-19-34(36)37)20-21-33(32)38-25-29-15-9-5-10-16-29/h5,7-12,14-18,20-21,24,26-27,31H,6,13,19,22-23,25H2,1-4H3,(H,36,37)/t31-/m1/s1. The number of benzene rings is 3. The maximum absolute atomic E-state index is 10.8.